The molecule has 0 atom stereocenters. The average Bonchev–Trinajstić information content (AvgIpc) is 2.13. The highest BCUT2D eigenvalue weighted by Gasteiger charge is 1.84. The predicted octanol–water partition coefficient (Wildman–Crippen LogP) is 1.86. The van der Waals surface area contributed by atoms with Gasteiger partial charge in [-0.2, -0.15) is 0 Å². The van der Waals surface area contributed by atoms with E-state index in [-0.39, 0.29) is 0 Å². The summed E-state index contributed by atoms with van der Waals surface area (Å²) in [7, 11) is 3.64. The summed E-state index contributed by atoms with van der Waals surface area (Å²) in [6.45, 7) is 6.28. The minimum Gasteiger partial charge on any atom is -0.385 e. The van der Waals surface area contributed by atoms with E-state index in [1.165, 1.54) is 0 Å². The second-order valence-corrected chi connectivity index (χ2v) is 3.61. The van der Waals surface area contributed by atoms with Gasteiger partial charge in [0.1, 0.15) is 6.29 Å². The molecule has 0 aromatic heterocycles. The highest BCUT2D eigenvalue weighted by molar-refractivity contribution is 5.48. The molecule has 1 N–H and O–H groups in total. The van der Waals surface area contributed by atoms with E-state index in [4.69, 9.17) is 4.74 Å². The van der Waals surface area contributed by atoms with Gasteiger partial charge in [0, 0.05) is 20.1 Å². The van der Waals surface area contributed by atoms with Crippen LogP contribution < -0.4 is 5.32 Å². The van der Waals surface area contributed by atoms with Crippen LogP contribution in [-0.4, -0.2) is 33.6 Å². The Morgan fingerprint density at radius 1 is 1.36 bits per heavy atom. The summed E-state index contributed by atoms with van der Waals surface area (Å²) >= 11 is 0. The Bertz CT molecular complexity index is 105. The molecule has 0 amide bonds. The number of hydrogen-bond donors (Lipinski definition) is 1. The molecule has 0 bridgehead atoms. The Hall–Kier alpha value is -0.410. The molecule has 0 spiro atoms. The number of nitrogens with one attached hydrogen (secondary N) is 1. The summed E-state index contributed by atoms with van der Waals surface area (Å²) in [5.74, 6) is 0.787. The summed E-state index contributed by atoms with van der Waals surface area (Å²) in [6.07, 6.45) is 3.56. The van der Waals surface area contributed by atoms with Gasteiger partial charge in [0.25, 0.3) is 0 Å². The number of rotatable bonds is 7. The lowest BCUT2D eigenvalue weighted by Gasteiger charge is -1.98. The van der Waals surface area contributed by atoms with Crippen LogP contribution in [0.4, 0.5) is 0 Å². The number of hydrogen-bond acceptors (Lipinski definition) is 3. The third-order valence-electron chi connectivity index (χ3n) is 1.53. The molecule has 0 unspecified atom stereocenters. The van der Waals surface area contributed by atoms with E-state index < -0.39 is 0 Å². The van der Waals surface area contributed by atoms with Gasteiger partial charge >= 0.3 is 0 Å². The van der Waals surface area contributed by atoms with E-state index in [0.29, 0.717) is 6.42 Å². The van der Waals surface area contributed by atoms with Crippen molar-refractivity contribution in [1.82, 2.24) is 5.32 Å². The van der Waals surface area contributed by atoms with E-state index in [1.54, 1.807) is 7.11 Å². The Labute approximate surface area is 88.2 Å². The van der Waals surface area contributed by atoms with Gasteiger partial charge < -0.3 is 14.8 Å². The summed E-state index contributed by atoms with van der Waals surface area (Å²) in [6, 6.07) is 0. The maximum Gasteiger partial charge on any atom is 0.119 e. The molecule has 3 nitrogen and oxygen atoms in total. The van der Waals surface area contributed by atoms with Gasteiger partial charge in [0.05, 0.1) is 0 Å². The van der Waals surface area contributed by atoms with Crippen LogP contribution in [0.3, 0.4) is 0 Å². The van der Waals surface area contributed by atoms with Gasteiger partial charge in [-0.25, -0.2) is 0 Å². The molecule has 0 aromatic carbocycles. The van der Waals surface area contributed by atoms with E-state index in [0.717, 1.165) is 38.2 Å². The molecule has 14 heavy (non-hydrogen) atoms. The molecular weight excluding hydrogens is 178 g/mol. The van der Waals surface area contributed by atoms with Gasteiger partial charge in [0.2, 0.25) is 0 Å². The fourth-order valence-electron chi connectivity index (χ4n) is 0.882. The van der Waals surface area contributed by atoms with Crippen molar-refractivity contribution in [3.63, 3.8) is 0 Å². The molecule has 0 radical (unpaired) electrons. The summed E-state index contributed by atoms with van der Waals surface area (Å²) in [5, 5.41) is 3.07. The zero-order valence-electron chi connectivity index (χ0n) is 10.0. The van der Waals surface area contributed by atoms with Crippen LogP contribution in [0.2, 0.25) is 0 Å². The van der Waals surface area contributed by atoms with E-state index in [2.05, 4.69) is 19.2 Å². The molecule has 0 saturated heterocycles. The lowest BCUT2D eigenvalue weighted by atomic mass is 10.2. The SMILES string of the molecule is CNCC(C)C.COCCCCC=O. The summed E-state index contributed by atoms with van der Waals surface area (Å²) in [4.78, 5) is 9.73. The third-order valence-corrected chi connectivity index (χ3v) is 1.53. The van der Waals surface area contributed by atoms with Crippen molar-refractivity contribution in [1.29, 1.82) is 0 Å². The Balaban J connectivity index is 0. The van der Waals surface area contributed by atoms with Crippen molar-refractivity contribution >= 4 is 6.29 Å². The highest BCUT2D eigenvalue weighted by Crippen LogP contribution is 1.90. The first-order valence-corrected chi connectivity index (χ1v) is 5.26. The number of aldehydes is 1. The Morgan fingerprint density at radius 2 is 2.00 bits per heavy atom. The van der Waals surface area contributed by atoms with E-state index in [9.17, 15) is 4.79 Å². The first-order chi connectivity index (χ1) is 6.68. The van der Waals surface area contributed by atoms with Crippen LogP contribution >= 0.6 is 0 Å². The number of carbonyl (C=O) groups is 1. The maximum absolute atomic E-state index is 9.73. The van der Waals surface area contributed by atoms with E-state index >= 15 is 0 Å². The molecule has 3 heteroatoms. The molecule has 86 valence electrons. The van der Waals surface area contributed by atoms with Gasteiger partial charge in [0.15, 0.2) is 0 Å². The second-order valence-electron chi connectivity index (χ2n) is 3.61. The van der Waals surface area contributed by atoms with Gasteiger partial charge in [-0.1, -0.05) is 13.8 Å². The zero-order valence-corrected chi connectivity index (χ0v) is 10.0. The van der Waals surface area contributed by atoms with Crippen LogP contribution in [0, 0.1) is 5.92 Å². The maximum atomic E-state index is 9.73. The second kappa shape index (κ2) is 15.1. The third kappa shape index (κ3) is 22.6. The van der Waals surface area contributed by atoms with Crippen LogP contribution in [0.5, 0.6) is 0 Å². The van der Waals surface area contributed by atoms with E-state index in [1.807, 2.05) is 7.05 Å². The molecule has 0 aliphatic carbocycles. The molecular formula is C11H25NO2. The fraction of sp³-hybridized carbons (Fsp3) is 0.909. The largest absolute Gasteiger partial charge is 0.385 e. The van der Waals surface area contributed by atoms with Crippen molar-refractivity contribution in [2.45, 2.75) is 33.1 Å². The van der Waals surface area contributed by atoms with Crippen molar-refractivity contribution < 1.29 is 9.53 Å². The van der Waals surface area contributed by atoms with Crippen molar-refractivity contribution in [2.75, 3.05) is 27.3 Å². The van der Waals surface area contributed by atoms with Gasteiger partial charge in [-0.15, -0.1) is 0 Å². The quantitative estimate of drug-likeness (QED) is 0.507. The first kappa shape index (κ1) is 16.0. The van der Waals surface area contributed by atoms with Crippen LogP contribution in [0.1, 0.15) is 33.1 Å². The molecule has 0 fully saturated rings. The van der Waals surface area contributed by atoms with Gasteiger partial charge in [-0.05, 0) is 32.4 Å². The number of unbranched alkanes of at least 4 members (excludes halogenated alkanes) is 2. The normalized spacial score (nSPS) is 9.50. The summed E-state index contributed by atoms with van der Waals surface area (Å²) < 4.78 is 4.77. The van der Waals surface area contributed by atoms with Crippen LogP contribution in [0.25, 0.3) is 0 Å². The molecule has 0 aromatic rings. The lowest BCUT2D eigenvalue weighted by molar-refractivity contribution is -0.107. The minimum atomic E-state index is 0.670. The Morgan fingerprint density at radius 3 is 2.29 bits per heavy atom. The lowest BCUT2D eigenvalue weighted by Crippen LogP contribution is -2.12. The van der Waals surface area contributed by atoms with Gasteiger partial charge in [-0.3, -0.25) is 0 Å². The van der Waals surface area contributed by atoms with Crippen molar-refractivity contribution in [3.05, 3.63) is 0 Å². The molecule has 0 saturated carbocycles. The molecule has 0 heterocycles. The number of carbonyl (C=O) groups excluding carboxylic acids is 1. The monoisotopic (exact) mass is 203 g/mol. The average molecular weight is 203 g/mol. The van der Waals surface area contributed by atoms with Crippen molar-refractivity contribution in [2.24, 2.45) is 5.92 Å². The Kier molecular flexibility index (Phi) is 17.3. The van der Waals surface area contributed by atoms with Crippen LogP contribution in [-0.2, 0) is 9.53 Å². The fourth-order valence-corrected chi connectivity index (χ4v) is 0.882. The van der Waals surface area contributed by atoms with Crippen LogP contribution in [0.15, 0.2) is 0 Å². The smallest absolute Gasteiger partial charge is 0.119 e. The minimum absolute atomic E-state index is 0.670. The van der Waals surface area contributed by atoms with Crippen molar-refractivity contribution in [3.8, 4) is 0 Å². The number of ether oxygens (including phenoxy) is 1. The highest BCUT2D eigenvalue weighted by atomic mass is 16.5. The summed E-state index contributed by atoms with van der Waals surface area (Å²) in [5.41, 5.74) is 0. The molecule has 0 rings (SSSR count). The first-order valence-electron chi connectivity index (χ1n) is 5.26. The molecule has 0 aliphatic rings. The predicted molar refractivity (Wildman–Crippen MR) is 60.6 cm³/mol. The topological polar surface area (TPSA) is 38.3 Å². The number of methoxy groups -OCH3 is 1. The standard InChI is InChI=1S/C6H12O2.C5H13N/c1-8-6-4-2-3-5-7;1-5(2)4-6-3/h5H,2-4,6H2,1H3;5-6H,4H2,1-3H3. The zero-order chi connectivity index (χ0) is 11.2. The molecule has 0 aliphatic heterocycles.